The Morgan fingerprint density at radius 3 is 1.76 bits per heavy atom. The van der Waals surface area contributed by atoms with E-state index < -0.39 is 8.07 Å². The minimum Gasteiger partial charge on any atom is -0.507 e. The number of pyridine rings is 2. The van der Waals surface area contributed by atoms with E-state index in [2.05, 4.69) is 136 Å². The van der Waals surface area contributed by atoms with Gasteiger partial charge in [0, 0.05) is 28.5 Å². The van der Waals surface area contributed by atoms with E-state index in [4.69, 9.17) is 15.0 Å². The number of aromatic nitrogens is 4. The lowest BCUT2D eigenvalue weighted by molar-refractivity contribution is 0.477. The molecule has 0 amide bonds. The van der Waals surface area contributed by atoms with Crippen LogP contribution in [0.25, 0.3) is 73.0 Å². The highest BCUT2D eigenvalue weighted by Gasteiger charge is 2.23. The minimum atomic E-state index is -1.50. The van der Waals surface area contributed by atoms with Gasteiger partial charge in [0.1, 0.15) is 11.6 Å². The van der Waals surface area contributed by atoms with Crippen LogP contribution in [0.15, 0.2) is 152 Å². The number of fused-ring (bicyclic) bond motifs is 1. The van der Waals surface area contributed by atoms with E-state index in [1.807, 2.05) is 54.6 Å². The standard InChI is InChI=1S/C48H44N4OSi/c1-48(2,3)36-27-34(26-35(28-36)41-25-24-38(31-49-41)54(4,5)6)39-21-15-22-44-46(39)51-47(40-20-13-14-23-45(40)53)52(44)37-29-42(32-16-9-7-10-17-32)50-43(30-37)33-18-11-8-12-19-33/h7-31,53H,1-6H3. The molecule has 3 aromatic heterocycles. The van der Waals surface area contributed by atoms with Gasteiger partial charge in [0.25, 0.3) is 0 Å². The van der Waals surface area contributed by atoms with Crippen LogP contribution < -0.4 is 5.19 Å². The molecule has 6 heteroatoms. The zero-order valence-corrected chi connectivity index (χ0v) is 32.7. The first-order valence-corrected chi connectivity index (χ1v) is 22.0. The van der Waals surface area contributed by atoms with Crippen LogP contribution >= 0.6 is 0 Å². The average Bonchev–Trinajstić information content (AvgIpc) is 3.57. The van der Waals surface area contributed by atoms with E-state index in [0.717, 1.165) is 61.6 Å². The lowest BCUT2D eigenvalue weighted by atomic mass is 9.83. The zero-order valence-electron chi connectivity index (χ0n) is 31.7. The maximum absolute atomic E-state index is 11.3. The number of nitrogens with zero attached hydrogens (tertiary/aromatic N) is 4. The van der Waals surface area contributed by atoms with E-state index in [1.54, 1.807) is 6.07 Å². The number of para-hydroxylation sites is 2. The number of phenolic OH excluding ortho intramolecular Hbond substituents is 1. The normalized spacial score (nSPS) is 12.0. The molecule has 54 heavy (non-hydrogen) atoms. The third kappa shape index (κ3) is 6.77. The summed E-state index contributed by atoms with van der Waals surface area (Å²) in [4.78, 5) is 15.5. The molecule has 0 aliphatic rings. The van der Waals surface area contributed by atoms with Gasteiger partial charge in [0.05, 0.1) is 47.4 Å². The molecule has 1 N–H and O–H groups in total. The third-order valence-corrected chi connectivity index (χ3v) is 12.1. The summed E-state index contributed by atoms with van der Waals surface area (Å²) in [6.07, 6.45) is 2.06. The van der Waals surface area contributed by atoms with Gasteiger partial charge in [0.2, 0.25) is 0 Å². The number of benzene rings is 5. The summed E-state index contributed by atoms with van der Waals surface area (Å²) in [5.74, 6) is 0.816. The predicted molar refractivity (Wildman–Crippen MR) is 227 cm³/mol. The van der Waals surface area contributed by atoms with Crippen molar-refractivity contribution in [2.24, 2.45) is 0 Å². The fraction of sp³-hybridized carbons (Fsp3) is 0.146. The van der Waals surface area contributed by atoms with Crippen LogP contribution in [-0.4, -0.2) is 32.7 Å². The highest BCUT2D eigenvalue weighted by atomic mass is 28.3. The fourth-order valence-corrected chi connectivity index (χ4v) is 8.00. The van der Waals surface area contributed by atoms with Crippen molar-refractivity contribution in [3.8, 4) is 67.7 Å². The number of phenols is 1. The molecule has 0 aliphatic carbocycles. The second kappa shape index (κ2) is 13.7. The van der Waals surface area contributed by atoms with Crippen LogP contribution in [-0.2, 0) is 5.41 Å². The second-order valence-electron chi connectivity index (χ2n) is 16.0. The molecule has 0 atom stereocenters. The first kappa shape index (κ1) is 34.9. The molecule has 0 spiro atoms. The smallest absolute Gasteiger partial charge is 0.149 e. The fourth-order valence-electron chi connectivity index (χ4n) is 6.97. The second-order valence-corrected chi connectivity index (χ2v) is 21.1. The van der Waals surface area contributed by atoms with E-state index >= 15 is 0 Å². The molecular formula is C48H44N4OSi. The number of aromatic hydroxyl groups is 1. The van der Waals surface area contributed by atoms with Crippen molar-refractivity contribution in [1.29, 1.82) is 0 Å². The summed E-state index contributed by atoms with van der Waals surface area (Å²) in [5.41, 5.74) is 12.3. The van der Waals surface area contributed by atoms with E-state index in [9.17, 15) is 5.11 Å². The van der Waals surface area contributed by atoms with Crippen LogP contribution in [0.3, 0.4) is 0 Å². The SMILES string of the molecule is CC(C)(C)c1cc(-c2ccc([Si](C)(C)C)cn2)cc(-c2cccc3c2nc(-c2ccccc2O)n3-c2cc(-c3ccccc3)nc(-c3ccccc3)c2)c1. The van der Waals surface area contributed by atoms with Crippen LogP contribution in [0, 0.1) is 0 Å². The minimum absolute atomic E-state index is 0.101. The van der Waals surface area contributed by atoms with Crippen molar-refractivity contribution in [3.63, 3.8) is 0 Å². The van der Waals surface area contributed by atoms with Crippen LogP contribution in [0.2, 0.25) is 19.6 Å². The zero-order chi connectivity index (χ0) is 37.6. The molecule has 0 saturated heterocycles. The molecule has 0 aliphatic heterocycles. The Morgan fingerprint density at radius 2 is 1.17 bits per heavy atom. The van der Waals surface area contributed by atoms with Gasteiger partial charge in [-0.1, -0.05) is 137 Å². The molecule has 0 fully saturated rings. The summed E-state index contributed by atoms with van der Waals surface area (Å²) in [7, 11) is -1.50. The average molecular weight is 721 g/mol. The van der Waals surface area contributed by atoms with Gasteiger partial charge in [-0.15, -0.1) is 0 Å². The van der Waals surface area contributed by atoms with Crippen molar-refractivity contribution in [2.75, 3.05) is 0 Å². The lowest BCUT2D eigenvalue weighted by Crippen LogP contribution is -2.37. The molecule has 3 heterocycles. The monoisotopic (exact) mass is 720 g/mol. The number of imidazole rings is 1. The molecule has 5 aromatic carbocycles. The topological polar surface area (TPSA) is 63.8 Å². The predicted octanol–water partition coefficient (Wildman–Crippen LogP) is 11.7. The molecule has 0 unspecified atom stereocenters. The third-order valence-electron chi connectivity index (χ3n) is 10.1. The van der Waals surface area contributed by atoms with Crippen molar-refractivity contribution in [1.82, 2.24) is 19.5 Å². The summed E-state index contributed by atoms with van der Waals surface area (Å²) in [5, 5.41) is 12.6. The van der Waals surface area contributed by atoms with Gasteiger partial charge in [-0.25, -0.2) is 9.97 Å². The molecule has 266 valence electrons. The van der Waals surface area contributed by atoms with Gasteiger partial charge in [-0.05, 0) is 70.3 Å². The Kier molecular flexibility index (Phi) is 8.87. The van der Waals surface area contributed by atoms with Crippen molar-refractivity contribution >= 4 is 24.3 Å². The van der Waals surface area contributed by atoms with Gasteiger partial charge in [-0.2, -0.15) is 0 Å². The highest BCUT2D eigenvalue weighted by Crippen LogP contribution is 2.40. The summed E-state index contributed by atoms with van der Waals surface area (Å²) >= 11 is 0. The van der Waals surface area contributed by atoms with Crippen LogP contribution in [0.4, 0.5) is 0 Å². The van der Waals surface area contributed by atoms with Crippen molar-refractivity contribution in [2.45, 2.75) is 45.8 Å². The van der Waals surface area contributed by atoms with E-state index in [0.29, 0.717) is 11.4 Å². The maximum atomic E-state index is 11.3. The number of hydrogen-bond donors (Lipinski definition) is 1. The van der Waals surface area contributed by atoms with Gasteiger partial charge < -0.3 is 5.11 Å². The van der Waals surface area contributed by atoms with Gasteiger partial charge >= 0.3 is 0 Å². The maximum Gasteiger partial charge on any atom is 0.149 e. The molecule has 8 aromatic rings. The van der Waals surface area contributed by atoms with E-state index in [1.165, 1.54) is 10.8 Å². The Labute approximate surface area is 318 Å². The molecular weight excluding hydrogens is 677 g/mol. The quantitative estimate of drug-likeness (QED) is 0.167. The van der Waals surface area contributed by atoms with Gasteiger partial charge in [0.15, 0.2) is 0 Å². The molecule has 0 saturated carbocycles. The van der Waals surface area contributed by atoms with Crippen molar-refractivity contribution in [3.05, 3.63) is 157 Å². The van der Waals surface area contributed by atoms with Gasteiger partial charge in [-0.3, -0.25) is 9.55 Å². The molecule has 8 rings (SSSR count). The highest BCUT2D eigenvalue weighted by molar-refractivity contribution is 6.88. The molecule has 5 nitrogen and oxygen atoms in total. The summed E-state index contributed by atoms with van der Waals surface area (Å²) < 4.78 is 2.17. The Balaban J connectivity index is 1.39. The van der Waals surface area contributed by atoms with Crippen LogP contribution in [0.5, 0.6) is 5.75 Å². The summed E-state index contributed by atoms with van der Waals surface area (Å²) in [6, 6.07) is 49.8. The lowest BCUT2D eigenvalue weighted by Gasteiger charge is -2.22. The first-order chi connectivity index (χ1) is 25.9. The molecule has 0 bridgehead atoms. The van der Waals surface area contributed by atoms with E-state index in [-0.39, 0.29) is 11.2 Å². The number of hydrogen-bond acceptors (Lipinski definition) is 4. The molecule has 0 radical (unpaired) electrons. The van der Waals surface area contributed by atoms with Crippen LogP contribution in [0.1, 0.15) is 26.3 Å². The Morgan fingerprint density at radius 1 is 0.556 bits per heavy atom. The Bertz CT molecular complexity index is 2560. The summed E-state index contributed by atoms with van der Waals surface area (Å²) in [6.45, 7) is 13.8. The largest absolute Gasteiger partial charge is 0.507 e. The first-order valence-electron chi connectivity index (χ1n) is 18.5. The number of rotatable bonds is 7. The Hall–Kier alpha value is -6.11. The van der Waals surface area contributed by atoms with Crippen molar-refractivity contribution < 1.29 is 5.11 Å².